The summed E-state index contributed by atoms with van der Waals surface area (Å²) in [6, 6.07) is 0. The number of ketones is 2. The van der Waals surface area contributed by atoms with Gasteiger partial charge in [0, 0.05) is 32.3 Å². The van der Waals surface area contributed by atoms with E-state index in [-0.39, 0.29) is 24.1 Å². The largest absolute Gasteiger partial charge is 0.396 e. The number of carbonyl (C=O) groups is 2. The van der Waals surface area contributed by atoms with Gasteiger partial charge in [-0.15, -0.1) is 0 Å². The van der Waals surface area contributed by atoms with Crippen molar-refractivity contribution < 1.29 is 14.7 Å². The number of Topliss-reactive ketones (excluding diaryl/α,β-unsaturated/α-hetero) is 2. The summed E-state index contributed by atoms with van der Waals surface area (Å²) in [5.41, 5.74) is 0. The monoisotopic (exact) mass is 599 g/mol. The Morgan fingerprint density at radius 3 is 1.14 bits per heavy atom. The third kappa shape index (κ3) is 33.0. The van der Waals surface area contributed by atoms with Gasteiger partial charge >= 0.3 is 0 Å². The molecule has 0 saturated heterocycles. The van der Waals surface area contributed by atoms with E-state index >= 15 is 0 Å². The van der Waals surface area contributed by atoms with Crippen LogP contribution in [0.2, 0.25) is 0 Å². The number of unbranched alkanes of at least 4 members (excludes halogenated alkanes) is 16. The van der Waals surface area contributed by atoms with Crippen molar-refractivity contribution in [3.05, 3.63) is 48.6 Å². The molecule has 0 rings (SSSR count). The van der Waals surface area contributed by atoms with Crippen molar-refractivity contribution in [2.75, 3.05) is 6.61 Å². The maximum atomic E-state index is 12.4. The smallest absolute Gasteiger partial charge is 0.133 e. The van der Waals surface area contributed by atoms with Crippen LogP contribution in [0.5, 0.6) is 0 Å². The van der Waals surface area contributed by atoms with Crippen molar-refractivity contribution in [1.82, 2.24) is 0 Å². The van der Waals surface area contributed by atoms with Gasteiger partial charge in [-0.1, -0.05) is 127 Å². The second-order valence-corrected chi connectivity index (χ2v) is 12.5. The van der Waals surface area contributed by atoms with Crippen LogP contribution in [0, 0.1) is 5.92 Å². The zero-order valence-electron chi connectivity index (χ0n) is 28.6. The lowest BCUT2D eigenvalue weighted by molar-refractivity contribution is -0.122. The van der Waals surface area contributed by atoms with Crippen LogP contribution in [0.4, 0.5) is 0 Å². The van der Waals surface area contributed by atoms with Crippen molar-refractivity contribution in [2.45, 2.75) is 181 Å². The first-order valence-corrected chi connectivity index (χ1v) is 18.4. The average Bonchev–Trinajstić information content (AvgIpc) is 3.00. The summed E-state index contributed by atoms with van der Waals surface area (Å²) in [6.45, 7) is 4.42. The highest BCUT2D eigenvalue weighted by Crippen LogP contribution is 2.16. The van der Waals surface area contributed by atoms with E-state index < -0.39 is 0 Å². The summed E-state index contributed by atoms with van der Waals surface area (Å²) in [6.07, 6.45) is 46.1. The van der Waals surface area contributed by atoms with E-state index in [1.165, 1.54) is 89.9 Å². The average molecular weight is 599 g/mol. The summed E-state index contributed by atoms with van der Waals surface area (Å²) in [7, 11) is 0. The first kappa shape index (κ1) is 41.3. The second kappa shape index (κ2) is 34.7. The van der Waals surface area contributed by atoms with Crippen molar-refractivity contribution >= 4 is 11.6 Å². The molecule has 0 aromatic heterocycles. The van der Waals surface area contributed by atoms with Crippen LogP contribution >= 0.6 is 0 Å². The Balaban J connectivity index is 3.66. The maximum Gasteiger partial charge on any atom is 0.133 e. The van der Waals surface area contributed by atoms with Gasteiger partial charge in [-0.3, -0.25) is 9.59 Å². The molecule has 0 amide bonds. The van der Waals surface area contributed by atoms with Crippen molar-refractivity contribution in [3.63, 3.8) is 0 Å². The van der Waals surface area contributed by atoms with E-state index in [4.69, 9.17) is 0 Å². The third-order valence-corrected chi connectivity index (χ3v) is 8.10. The van der Waals surface area contributed by atoms with Crippen LogP contribution < -0.4 is 0 Å². The molecule has 1 N–H and O–H groups in total. The van der Waals surface area contributed by atoms with Crippen LogP contribution in [-0.4, -0.2) is 23.3 Å². The third-order valence-electron chi connectivity index (χ3n) is 8.10. The van der Waals surface area contributed by atoms with Gasteiger partial charge < -0.3 is 5.11 Å². The summed E-state index contributed by atoms with van der Waals surface area (Å²) in [5.74, 6) is 0.208. The molecule has 0 aromatic carbocycles. The van der Waals surface area contributed by atoms with E-state index in [0.717, 1.165) is 51.4 Å². The van der Waals surface area contributed by atoms with Crippen molar-refractivity contribution in [1.29, 1.82) is 0 Å². The Morgan fingerprint density at radius 1 is 0.465 bits per heavy atom. The van der Waals surface area contributed by atoms with Crippen molar-refractivity contribution in [2.24, 2.45) is 5.92 Å². The molecule has 0 atom stereocenters. The zero-order chi connectivity index (χ0) is 31.5. The lowest BCUT2D eigenvalue weighted by Gasteiger charge is -2.12. The Morgan fingerprint density at radius 2 is 0.791 bits per heavy atom. The topological polar surface area (TPSA) is 54.4 Å². The van der Waals surface area contributed by atoms with Crippen molar-refractivity contribution in [3.8, 4) is 0 Å². The van der Waals surface area contributed by atoms with Gasteiger partial charge in [-0.25, -0.2) is 0 Å². The maximum absolute atomic E-state index is 12.4. The minimum Gasteiger partial charge on any atom is -0.396 e. The Labute approximate surface area is 267 Å². The SMILES string of the molecule is CCCCC/C=C/C/C=C/CCCCCCCC(=O)CC(CO)CC(=O)CCCCCCC/C=C/C/C=C/CCCCC. The van der Waals surface area contributed by atoms with Crippen LogP contribution in [0.15, 0.2) is 48.6 Å². The van der Waals surface area contributed by atoms with E-state index in [9.17, 15) is 14.7 Å². The predicted molar refractivity (Wildman–Crippen MR) is 189 cm³/mol. The molecular weight excluding hydrogens is 528 g/mol. The van der Waals surface area contributed by atoms with Gasteiger partial charge in [0.15, 0.2) is 0 Å². The molecule has 248 valence electrons. The molecule has 0 saturated carbocycles. The molecule has 0 bridgehead atoms. The quantitative estimate of drug-likeness (QED) is 0.0604. The van der Waals surface area contributed by atoms with Gasteiger partial charge in [-0.05, 0) is 83.0 Å². The minimum absolute atomic E-state index is 0.0676. The Hall–Kier alpha value is -1.74. The summed E-state index contributed by atoms with van der Waals surface area (Å²) >= 11 is 0. The highest BCUT2D eigenvalue weighted by molar-refractivity contribution is 5.81. The predicted octanol–water partition coefficient (Wildman–Crippen LogP) is 12.1. The molecule has 0 fully saturated rings. The summed E-state index contributed by atoms with van der Waals surface area (Å²) < 4.78 is 0. The first-order valence-electron chi connectivity index (χ1n) is 18.4. The summed E-state index contributed by atoms with van der Waals surface area (Å²) in [4.78, 5) is 24.8. The number of hydrogen-bond donors (Lipinski definition) is 1. The molecule has 0 aliphatic rings. The van der Waals surface area contributed by atoms with Crippen LogP contribution in [0.1, 0.15) is 181 Å². The number of aliphatic hydroxyl groups is 1. The van der Waals surface area contributed by atoms with Gasteiger partial charge in [0.2, 0.25) is 0 Å². The van der Waals surface area contributed by atoms with Crippen LogP contribution in [0.3, 0.4) is 0 Å². The van der Waals surface area contributed by atoms with Gasteiger partial charge in [0.05, 0.1) is 0 Å². The fourth-order valence-corrected chi connectivity index (χ4v) is 5.32. The molecular formula is C40H70O3. The molecule has 3 heteroatoms. The second-order valence-electron chi connectivity index (χ2n) is 12.5. The van der Waals surface area contributed by atoms with Gasteiger partial charge in [0.1, 0.15) is 11.6 Å². The van der Waals surface area contributed by atoms with E-state index in [1.807, 2.05) is 0 Å². The Kier molecular flexibility index (Phi) is 33.3. The minimum atomic E-state index is -0.198. The fraction of sp³-hybridized carbons (Fsp3) is 0.750. The van der Waals surface area contributed by atoms with E-state index in [0.29, 0.717) is 25.7 Å². The lowest BCUT2D eigenvalue weighted by Crippen LogP contribution is -2.16. The van der Waals surface area contributed by atoms with E-state index in [1.54, 1.807) is 0 Å². The molecule has 0 spiro atoms. The molecule has 0 aromatic rings. The normalized spacial score (nSPS) is 12.3. The fourth-order valence-electron chi connectivity index (χ4n) is 5.32. The molecule has 43 heavy (non-hydrogen) atoms. The first-order chi connectivity index (χ1) is 21.1. The molecule has 0 heterocycles. The Bertz CT molecular complexity index is 670. The number of hydrogen-bond acceptors (Lipinski definition) is 3. The number of allylic oxidation sites excluding steroid dienone is 8. The standard InChI is InChI=1S/C40H70O3/c1-3-5-7-9-11-13-15-17-19-21-23-25-27-29-31-33-39(42)35-38(37-41)36-40(43)34-32-30-28-26-24-22-20-18-16-14-12-10-8-6-4-2/h11-14,17-20,38,41H,3-10,15-16,21-37H2,1-2H3/b13-11+,14-12+,19-17+,20-18+. The molecule has 0 radical (unpaired) electrons. The molecule has 3 nitrogen and oxygen atoms in total. The highest BCUT2D eigenvalue weighted by atomic mass is 16.3. The number of rotatable bonds is 33. The molecule has 0 aliphatic carbocycles. The molecule has 0 aliphatic heterocycles. The highest BCUT2D eigenvalue weighted by Gasteiger charge is 2.16. The van der Waals surface area contributed by atoms with Crippen LogP contribution in [0.25, 0.3) is 0 Å². The van der Waals surface area contributed by atoms with Gasteiger partial charge in [0.25, 0.3) is 0 Å². The number of aliphatic hydroxyl groups excluding tert-OH is 1. The van der Waals surface area contributed by atoms with E-state index in [2.05, 4.69) is 62.5 Å². The zero-order valence-corrected chi connectivity index (χ0v) is 28.6. The van der Waals surface area contributed by atoms with Gasteiger partial charge in [-0.2, -0.15) is 0 Å². The lowest BCUT2D eigenvalue weighted by atomic mass is 9.93. The molecule has 0 unspecified atom stereocenters. The summed E-state index contributed by atoms with van der Waals surface area (Å²) in [5, 5.41) is 9.71. The number of carbonyl (C=O) groups excluding carboxylic acids is 2. The van der Waals surface area contributed by atoms with Crippen LogP contribution in [-0.2, 0) is 9.59 Å².